The number of carbonyl (C=O) groups is 2. The van der Waals surface area contributed by atoms with E-state index >= 15 is 0 Å². The number of hydrogen-bond acceptors (Lipinski definition) is 6. The van der Waals surface area contributed by atoms with Crippen LogP contribution in [0.15, 0.2) is 95.5 Å². The van der Waals surface area contributed by atoms with E-state index in [2.05, 4.69) is 11.4 Å². The number of carbonyl (C=O) groups excluding carboxylic acids is 2. The summed E-state index contributed by atoms with van der Waals surface area (Å²) in [4.78, 5) is 38.1. The maximum Gasteiger partial charge on any atom is 0.269 e. The minimum Gasteiger partial charge on any atom is -0.320 e. The number of thioether (sulfide) groups is 1. The van der Waals surface area contributed by atoms with Crippen molar-refractivity contribution in [2.24, 2.45) is 0 Å². The predicted octanol–water partition coefficient (Wildman–Crippen LogP) is 5.03. The normalized spacial score (nSPS) is 15.2. The van der Waals surface area contributed by atoms with Crippen LogP contribution in [0, 0.1) is 21.4 Å². The number of nitro benzene ring substituents is 1. The van der Waals surface area contributed by atoms with E-state index < -0.39 is 10.8 Å². The van der Waals surface area contributed by atoms with Crippen molar-refractivity contribution in [2.75, 3.05) is 10.7 Å². The molecule has 0 bridgehead atoms. The van der Waals surface area contributed by atoms with Gasteiger partial charge in [0.25, 0.3) is 5.69 Å². The molecule has 0 saturated heterocycles. The summed E-state index contributed by atoms with van der Waals surface area (Å²) in [5.41, 5.74) is 2.05. The standard InChI is InChI=1S/C26H20N4O4S/c27-16-23-22(18-8-7-13-21(14-18)30(33)34)15-24(31)28-26(23)35-17-25(32)29(19-9-3-1-4-10-19)20-11-5-2-6-12-20/h1-14,22H,15,17H2,(H,28,31)/t22-/m1/s1. The van der Waals surface area contributed by atoms with Crippen LogP contribution in [0.25, 0.3) is 0 Å². The molecule has 0 aliphatic carbocycles. The van der Waals surface area contributed by atoms with Crippen LogP contribution in [0.3, 0.4) is 0 Å². The largest absolute Gasteiger partial charge is 0.320 e. The summed E-state index contributed by atoms with van der Waals surface area (Å²) >= 11 is 1.07. The van der Waals surface area contributed by atoms with E-state index in [1.807, 2.05) is 60.7 Å². The highest BCUT2D eigenvalue weighted by Crippen LogP contribution is 2.37. The summed E-state index contributed by atoms with van der Waals surface area (Å²) in [5.74, 6) is -1.22. The number of amides is 2. The highest BCUT2D eigenvalue weighted by Gasteiger charge is 2.31. The van der Waals surface area contributed by atoms with E-state index in [0.717, 1.165) is 11.8 Å². The Labute approximate surface area is 206 Å². The van der Waals surface area contributed by atoms with Crippen molar-refractivity contribution in [1.29, 1.82) is 5.26 Å². The van der Waals surface area contributed by atoms with E-state index in [0.29, 0.717) is 16.9 Å². The van der Waals surface area contributed by atoms with Crippen molar-refractivity contribution < 1.29 is 14.5 Å². The second-order valence-electron chi connectivity index (χ2n) is 7.70. The molecular weight excluding hydrogens is 464 g/mol. The van der Waals surface area contributed by atoms with E-state index in [9.17, 15) is 25.0 Å². The van der Waals surface area contributed by atoms with Crippen LogP contribution in [0.1, 0.15) is 17.9 Å². The van der Waals surface area contributed by atoms with Gasteiger partial charge < -0.3 is 5.32 Å². The topological polar surface area (TPSA) is 116 Å². The van der Waals surface area contributed by atoms with Crippen LogP contribution in [0.4, 0.5) is 17.1 Å². The highest BCUT2D eigenvalue weighted by molar-refractivity contribution is 8.03. The zero-order chi connectivity index (χ0) is 24.8. The molecule has 0 unspecified atom stereocenters. The number of nitriles is 1. The number of nitrogens with zero attached hydrogens (tertiary/aromatic N) is 3. The van der Waals surface area contributed by atoms with E-state index in [1.54, 1.807) is 11.0 Å². The molecule has 2 amide bonds. The highest BCUT2D eigenvalue weighted by atomic mass is 32.2. The Morgan fingerprint density at radius 1 is 1.06 bits per heavy atom. The smallest absolute Gasteiger partial charge is 0.269 e. The zero-order valence-corrected chi connectivity index (χ0v) is 19.3. The van der Waals surface area contributed by atoms with Crippen LogP contribution in [-0.4, -0.2) is 22.5 Å². The quantitative estimate of drug-likeness (QED) is 0.371. The lowest BCUT2D eigenvalue weighted by atomic mass is 9.87. The maximum absolute atomic E-state index is 13.3. The van der Waals surface area contributed by atoms with Gasteiger partial charge in [0.15, 0.2) is 0 Å². The zero-order valence-electron chi connectivity index (χ0n) is 18.5. The minimum atomic E-state index is -0.634. The summed E-state index contributed by atoms with van der Waals surface area (Å²) in [5, 5.41) is 24.1. The molecule has 0 radical (unpaired) electrons. The average Bonchev–Trinajstić information content (AvgIpc) is 2.88. The van der Waals surface area contributed by atoms with Crippen molar-refractivity contribution in [1.82, 2.24) is 5.32 Å². The molecule has 0 aromatic heterocycles. The van der Waals surface area contributed by atoms with Crippen molar-refractivity contribution in [3.63, 3.8) is 0 Å². The van der Waals surface area contributed by atoms with Gasteiger partial charge in [0, 0.05) is 35.8 Å². The molecule has 8 nitrogen and oxygen atoms in total. The molecule has 3 aromatic rings. The monoisotopic (exact) mass is 484 g/mol. The molecule has 1 atom stereocenters. The molecule has 1 N–H and O–H groups in total. The van der Waals surface area contributed by atoms with Gasteiger partial charge in [-0.25, -0.2) is 0 Å². The summed E-state index contributed by atoms with van der Waals surface area (Å²) in [6, 6.07) is 26.5. The second-order valence-corrected chi connectivity index (χ2v) is 8.69. The fourth-order valence-electron chi connectivity index (χ4n) is 3.86. The molecule has 0 saturated carbocycles. The molecule has 3 aromatic carbocycles. The van der Waals surface area contributed by atoms with Gasteiger partial charge in [0.05, 0.1) is 27.3 Å². The van der Waals surface area contributed by atoms with Gasteiger partial charge in [0.1, 0.15) is 0 Å². The van der Waals surface area contributed by atoms with Crippen LogP contribution in [0.5, 0.6) is 0 Å². The van der Waals surface area contributed by atoms with Crippen molar-refractivity contribution in [2.45, 2.75) is 12.3 Å². The third-order valence-corrected chi connectivity index (χ3v) is 6.46. The van der Waals surface area contributed by atoms with Gasteiger partial charge in [-0.3, -0.25) is 24.6 Å². The Morgan fingerprint density at radius 2 is 1.69 bits per heavy atom. The SMILES string of the molecule is N#CC1=C(SCC(=O)N(c2ccccc2)c2ccccc2)NC(=O)C[C@@H]1c1cccc([N+](=O)[O-])c1. The number of anilines is 2. The third-order valence-electron chi connectivity index (χ3n) is 5.46. The molecular formula is C26H20N4O4S. The lowest BCUT2D eigenvalue weighted by Crippen LogP contribution is -2.32. The number of allylic oxidation sites excluding steroid dienone is 1. The lowest BCUT2D eigenvalue weighted by molar-refractivity contribution is -0.384. The molecule has 0 spiro atoms. The molecule has 4 rings (SSSR count). The average molecular weight is 485 g/mol. The van der Waals surface area contributed by atoms with Crippen LogP contribution in [0.2, 0.25) is 0 Å². The van der Waals surface area contributed by atoms with Gasteiger partial charge in [-0.15, -0.1) is 0 Å². The first kappa shape index (κ1) is 23.7. The molecule has 1 aliphatic heterocycles. The Balaban J connectivity index is 1.62. The fraction of sp³-hybridized carbons (Fsp3) is 0.115. The van der Waals surface area contributed by atoms with Gasteiger partial charge >= 0.3 is 0 Å². The van der Waals surface area contributed by atoms with Crippen LogP contribution < -0.4 is 10.2 Å². The van der Waals surface area contributed by atoms with Crippen LogP contribution in [-0.2, 0) is 9.59 Å². The van der Waals surface area contributed by atoms with Crippen molar-refractivity contribution in [3.05, 3.63) is 111 Å². The first-order chi connectivity index (χ1) is 17.0. The summed E-state index contributed by atoms with van der Waals surface area (Å²) in [7, 11) is 0. The second kappa shape index (κ2) is 10.7. The Hall–Kier alpha value is -4.42. The third kappa shape index (κ3) is 5.39. The first-order valence-corrected chi connectivity index (χ1v) is 11.7. The summed E-state index contributed by atoms with van der Waals surface area (Å²) < 4.78 is 0. The fourth-order valence-corrected chi connectivity index (χ4v) is 4.79. The van der Waals surface area contributed by atoms with Gasteiger partial charge in [0.2, 0.25) is 11.8 Å². The Kier molecular flexibility index (Phi) is 7.24. The van der Waals surface area contributed by atoms with Gasteiger partial charge in [-0.2, -0.15) is 5.26 Å². The first-order valence-electron chi connectivity index (χ1n) is 10.7. The van der Waals surface area contributed by atoms with E-state index in [1.165, 1.54) is 18.2 Å². The molecule has 9 heteroatoms. The Bertz CT molecular complexity index is 1300. The minimum absolute atomic E-state index is 0.0117. The molecule has 1 heterocycles. The molecule has 174 valence electrons. The van der Waals surface area contributed by atoms with E-state index in [4.69, 9.17) is 0 Å². The lowest BCUT2D eigenvalue weighted by Gasteiger charge is -2.26. The van der Waals surface area contributed by atoms with Gasteiger partial charge in [-0.05, 0) is 29.8 Å². The number of non-ortho nitro benzene ring substituents is 1. The van der Waals surface area contributed by atoms with Crippen molar-refractivity contribution >= 4 is 40.6 Å². The number of hydrogen-bond donors (Lipinski definition) is 1. The number of nitrogens with one attached hydrogen (secondary N) is 1. The van der Waals surface area contributed by atoms with Crippen molar-refractivity contribution in [3.8, 4) is 6.07 Å². The predicted molar refractivity (Wildman–Crippen MR) is 134 cm³/mol. The number of nitro groups is 1. The summed E-state index contributed by atoms with van der Waals surface area (Å²) in [6.07, 6.45) is -0.0117. The number of benzene rings is 3. The number of rotatable bonds is 7. The van der Waals surface area contributed by atoms with Gasteiger partial charge in [-0.1, -0.05) is 60.3 Å². The molecule has 0 fully saturated rings. The Morgan fingerprint density at radius 3 is 2.26 bits per heavy atom. The van der Waals surface area contributed by atoms with E-state index in [-0.39, 0.29) is 40.3 Å². The maximum atomic E-state index is 13.3. The molecule has 35 heavy (non-hydrogen) atoms. The summed E-state index contributed by atoms with van der Waals surface area (Å²) in [6.45, 7) is 0. The number of para-hydroxylation sites is 2. The van der Waals surface area contributed by atoms with Crippen LogP contribution >= 0.6 is 11.8 Å². The molecule has 1 aliphatic rings.